The summed E-state index contributed by atoms with van der Waals surface area (Å²) in [6, 6.07) is 1.93. The predicted octanol–water partition coefficient (Wildman–Crippen LogP) is -0.625. The summed E-state index contributed by atoms with van der Waals surface area (Å²) in [6.07, 6.45) is 0.225. The van der Waals surface area contributed by atoms with Gasteiger partial charge in [-0.15, -0.1) is 0 Å². The summed E-state index contributed by atoms with van der Waals surface area (Å²) in [7, 11) is 0. The molecule has 19 heavy (non-hydrogen) atoms. The first-order valence-electron chi connectivity index (χ1n) is 6.07. The zero-order valence-electron chi connectivity index (χ0n) is 11.0. The molecule has 0 aliphatic carbocycles. The summed E-state index contributed by atoms with van der Waals surface area (Å²) >= 11 is 0. The van der Waals surface area contributed by atoms with Gasteiger partial charge in [-0.3, -0.25) is 24.4 Å². The fourth-order valence-electron chi connectivity index (χ4n) is 2.07. The Hall–Kier alpha value is -2.18. The third-order valence-electron chi connectivity index (χ3n) is 2.94. The van der Waals surface area contributed by atoms with Gasteiger partial charge < -0.3 is 4.90 Å². The zero-order valence-corrected chi connectivity index (χ0v) is 11.0. The van der Waals surface area contributed by atoms with Crippen molar-refractivity contribution in [2.75, 3.05) is 13.1 Å². The van der Waals surface area contributed by atoms with Crippen LogP contribution in [0.3, 0.4) is 0 Å². The lowest BCUT2D eigenvalue weighted by molar-refractivity contribution is -0.145. The molecule has 0 bridgehead atoms. The number of hydrogen-bond donors (Lipinski definition) is 1. The first-order chi connectivity index (χ1) is 8.95. The second kappa shape index (κ2) is 5.21. The van der Waals surface area contributed by atoms with E-state index in [0.29, 0.717) is 6.54 Å². The van der Waals surface area contributed by atoms with Crippen LogP contribution in [0.25, 0.3) is 0 Å². The summed E-state index contributed by atoms with van der Waals surface area (Å²) in [5.41, 5.74) is 1.88. The summed E-state index contributed by atoms with van der Waals surface area (Å²) in [6.45, 7) is 4.15. The van der Waals surface area contributed by atoms with Crippen LogP contribution in [-0.4, -0.2) is 45.5 Å². The number of nitrogens with zero attached hydrogens (tertiary/aromatic N) is 3. The van der Waals surface area contributed by atoms with E-state index in [-0.39, 0.29) is 25.4 Å². The van der Waals surface area contributed by atoms with Crippen LogP contribution in [0.4, 0.5) is 0 Å². The molecule has 1 saturated heterocycles. The predicted molar refractivity (Wildman–Crippen MR) is 66.0 cm³/mol. The highest BCUT2D eigenvalue weighted by molar-refractivity contribution is 6.02. The largest absolute Gasteiger partial charge is 0.324 e. The van der Waals surface area contributed by atoms with Crippen LogP contribution in [0.2, 0.25) is 0 Å². The fraction of sp³-hybridized carbons (Fsp3) is 0.500. The van der Waals surface area contributed by atoms with E-state index in [1.807, 2.05) is 19.9 Å². The van der Waals surface area contributed by atoms with Gasteiger partial charge in [-0.2, -0.15) is 5.10 Å². The van der Waals surface area contributed by atoms with Gasteiger partial charge in [0.2, 0.25) is 17.7 Å². The van der Waals surface area contributed by atoms with E-state index in [9.17, 15) is 14.4 Å². The Kier molecular flexibility index (Phi) is 3.64. The molecule has 1 aromatic rings. The Morgan fingerprint density at radius 3 is 2.47 bits per heavy atom. The Morgan fingerprint density at radius 2 is 1.95 bits per heavy atom. The second-order valence-electron chi connectivity index (χ2n) is 4.62. The molecule has 0 unspecified atom stereocenters. The van der Waals surface area contributed by atoms with Crippen molar-refractivity contribution in [1.29, 1.82) is 0 Å². The molecule has 7 heteroatoms. The zero-order chi connectivity index (χ0) is 14.0. The maximum Gasteiger partial charge on any atom is 0.246 e. The number of aromatic nitrogens is 2. The number of imide groups is 1. The molecule has 0 radical (unpaired) electrons. The summed E-state index contributed by atoms with van der Waals surface area (Å²) in [5.74, 6) is -1.08. The minimum absolute atomic E-state index is 0.0539. The quantitative estimate of drug-likeness (QED) is 0.737. The molecule has 3 amide bonds. The number of piperazine rings is 1. The topological polar surface area (TPSA) is 84.3 Å². The average molecular weight is 264 g/mol. The van der Waals surface area contributed by atoms with Gasteiger partial charge in [0.05, 0.1) is 5.69 Å². The van der Waals surface area contributed by atoms with Crippen molar-refractivity contribution in [3.8, 4) is 0 Å². The molecule has 1 fully saturated rings. The molecule has 0 saturated carbocycles. The van der Waals surface area contributed by atoms with Gasteiger partial charge in [-0.05, 0) is 19.9 Å². The third-order valence-corrected chi connectivity index (χ3v) is 2.94. The highest BCUT2D eigenvalue weighted by Crippen LogP contribution is 2.05. The summed E-state index contributed by atoms with van der Waals surface area (Å²) in [5, 5.41) is 6.42. The number of carbonyl (C=O) groups is 3. The third kappa shape index (κ3) is 3.18. The lowest BCUT2D eigenvalue weighted by Crippen LogP contribution is -2.53. The SMILES string of the molecule is Cc1cc(C)n(CCC(=O)N2CC(=O)NC(=O)C2)n1. The van der Waals surface area contributed by atoms with E-state index in [1.54, 1.807) is 4.68 Å². The highest BCUT2D eigenvalue weighted by Gasteiger charge is 2.25. The van der Waals surface area contributed by atoms with Crippen molar-refractivity contribution in [1.82, 2.24) is 20.0 Å². The minimum Gasteiger partial charge on any atom is -0.324 e. The van der Waals surface area contributed by atoms with Gasteiger partial charge in [-0.25, -0.2) is 0 Å². The van der Waals surface area contributed by atoms with Gasteiger partial charge in [0, 0.05) is 18.7 Å². The van der Waals surface area contributed by atoms with E-state index in [0.717, 1.165) is 11.4 Å². The van der Waals surface area contributed by atoms with Crippen molar-refractivity contribution in [2.45, 2.75) is 26.8 Å². The van der Waals surface area contributed by atoms with Crippen LogP contribution < -0.4 is 5.32 Å². The van der Waals surface area contributed by atoms with E-state index < -0.39 is 11.8 Å². The molecule has 0 spiro atoms. The average Bonchev–Trinajstić information content (AvgIpc) is 2.63. The molecule has 1 aliphatic rings. The minimum atomic E-state index is -0.435. The first-order valence-corrected chi connectivity index (χ1v) is 6.07. The molecule has 0 atom stereocenters. The van der Waals surface area contributed by atoms with Crippen molar-refractivity contribution >= 4 is 17.7 Å². The number of carbonyl (C=O) groups excluding carboxylic acids is 3. The van der Waals surface area contributed by atoms with Crippen molar-refractivity contribution in [2.24, 2.45) is 0 Å². The number of rotatable bonds is 3. The van der Waals surface area contributed by atoms with Crippen LogP contribution in [-0.2, 0) is 20.9 Å². The number of nitrogens with one attached hydrogen (secondary N) is 1. The Bertz CT molecular complexity index is 519. The van der Waals surface area contributed by atoms with Crippen molar-refractivity contribution < 1.29 is 14.4 Å². The number of aryl methyl sites for hydroxylation is 3. The first kappa shape index (κ1) is 13.3. The van der Waals surface area contributed by atoms with E-state index in [2.05, 4.69) is 10.4 Å². The van der Waals surface area contributed by atoms with Crippen LogP contribution in [0.5, 0.6) is 0 Å². The van der Waals surface area contributed by atoms with E-state index in [1.165, 1.54) is 4.90 Å². The molecule has 2 rings (SSSR count). The molecule has 0 aromatic carbocycles. The lowest BCUT2D eigenvalue weighted by atomic mass is 10.3. The Labute approximate surface area is 110 Å². The van der Waals surface area contributed by atoms with Crippen LogP contribution in [0, 0.1) is 13.8 Å². The highest BCUT2D eigenvalue weighted by atomic mass is 16.2. The van der Waals surface area contributed by atoms with Gasteiger partial charge in [0.15, 0.2) is 0 Å². The Morgan fingerprint density at radius 1 is 1.32 bits per heavy atom. The van der Waals surface area contributed by atoms with Crippen molar-refractivity contribution in [3.05, 3.63) is 17.5 Å². The van der Waals surface area contributed by atoms with Crippen LogP contribution in [0.1, 0.15) is 17.8 Å². The van der Waals surface area contributed by atoms with Crippen LogP contribution in [0.15, 0.2) is 6.07 Å². The molecular formula is C12H16N4O3. The van der Waals surface area contributed by atoms with E-state index in [4.69, 9.17) is 0 Å². The monoisotopic (exact) mass is 264 g/mol. The maximum atomic E-state index is 11.9. The molecule has 102 valence electrons. The molecular weight excluding hydrogens is 248 g/mol. The fourth-order valence-corrected chi connectivity index (χ4v) is 2.07. The standard InChI is InChI=1S/C12H16N4O3/c1-8-5-9(2)16(14-8)4-3-12(19)15-6-10(17)13-11(18)7-15/h5H,3-4,6-7H2,1-2H3,(H,13,17,18). The smallest absolute Gasteiger partial charge is 0.246 e. The van der Waals surface area contributed by atoms with Gasteiger partial charge >= 0.3 is 0 Å². The normalized spacial score (nSPS) is 15.6. The molecule has 1 aliphatic heterocycles. The van der Waals surface area contributed by atoms with Crippen molar-refractivity contribution in [3.63, 3.8) is 0 Å². The van der Waals surface area contributed by atoms with Crippen LogP contribution >= 0.6 is 0 Å². The number of amides is 3. The molecule has 1 aromatic heterocycles. The summed E-state index contributed by atoms with van der Waals surface area (Å²) < 4.78 is 1.75. The lowest BCUT2D eigenvalue weighted by Gasteiger charge is -2.25. The molecule has 2 heterocycles. The van der Waals surface area contributed by atoms with Gasteiger partial charge in [0.1, 0.15) is 13.1 Å². The molecule has 7 nitrogen and oxygen atoms in total. The van der Waals surface area contributed by atoms with Gasteiger partial charge in [0.25, 0.3) is 0 Å². The van der Waals surface area contributed by atoms with E-state index >= 15 is 0 Å². The molecule has 1 N–H and O–H groups in total. The Balaban J connectivity index is 1.92. The maximum absolute atomic E-state index is 11.9. The summed E-state index contributed by atoms with van der Waals surface area (Å²) in [4.78, 5) is 35.6. The van der Waals surface area contributed by atoms with Gasteiger partial charge in [-0.1, -0.05) is 0 Å². The second-order valence-corrected chi connectivity index (χ2v) is 4.62. The number of hydrogen-bond acceptors (Lipinski definition) is 4.